The first-order valence-electron chi connectivity index (χ1n) is 5.58. The lowest BCUT2D eigenvalue weighted by Gasteiger charge is -2.19. The van der Waals surface area contributed by atoms with E-state index in [1.54, 1.807) is 12.1 Å². The third kappa shape index (κ3) is 3.34. The molecule has 0 aliphatic carbocycles. The molecule has 0 aliphatic rings. The second kappa shape index (κ2) is 5.52. The molecule has 0 spiro atoms. The largest absolute Gasteiger partial charge is 0.474 e. The Balaban J connectivity index is 3.07. The van der Waals surface area contributed by atoms with Gasteiger partial charge in [0.25, 0.3) is 0 Å². The van der Waals surface area contributed by atoms with E-state index < -0.39 is 0 Å². The summed E-state index contributed by atoms with van der Waals surface area (Å²) in [5.41, 5.74) is 6.91. The predicted molar refractivity (Wildman–Crippen MR) is 66.4 cm³/mol. The van der Waals surface area contributed by atoms with Crippen LogP contribution in [0.25, 0.3) is 0 Å². The second-order valence-corrected chi connectivity index (χ2v) is 4.36. The first kappa shape index (κ1) is 13.3. The van der Waals surface area contributed by atoms with Gasteiger partial charge in [0.05, 0.1) is 11.7 Å². The van der Waals surface area contributed by atoms with E-state index >= 15 is 0 Å². The molecule has 1 atom stereocenters. The third-order valence-corrected chi connectivity index (χ3v) is 2.62. The summed E-state index contributed by atoms with van der Waals surface area (Å²) < 4.78 is 5.73. The molecule has 3 N–H and O–H groups in total. The number of aryl methyl sites for hydroxylation is 1. The van der Waals surface area contributed by atoms with Crippen molar-refractivity contribution >= 4 is 5.84 Å². The number of nitrogens with zero attached hydrogens (tertiary/aromatic N) is 2. The number of hydrogen-bond donors (Lipinski definition) is 2. The van der Waals surface area contributed by atoms with Crippen molar-refractivity contribution in [3.63, 3.8) is 0 Å². The summed E-state index contributed by atoms with van der Waals surface area (Å²) in [6.07, 6.45) is 0.00884. The zero-order valence-electron chi connectivity index (χ0n) is 10.6. The number of pyridine rings is 1. The summed E-state index contributed by atoms with van der Waals surface area (Å²) in [6, 6.07) is 3.53. The average molecular weight is 237 g/mol. The van der Waals surface area contributed by atoms with E-state index in [0.29, 0.717) is 17.4 Å². The summed E-state index contributed by atoms with van der Waals surface area (Å²) in [4.78, 5) is 4.27. The Hall–Kier alpha value is -1.78. The Morgan fingerprint density at radius 2 is 2.06 bits per heavy atom. The molecule has 5 heteroatoms. The minimum atomic E-state index is 0.00320. The van der Waals surface area contributed by atoms with Crippen LogP contribution in [0, 0.1) is 12.8 Å². The molecule has 1 unspecified atom stereocenters. The Labute approximate surface area is 101 Å². The molecule has 94 valence electrons. The molecule has 17 heavy (non-hydrogen) atoms. The molecule has 0 saturated carbocycles. The number of hydrogen-bond acceptors (Lipinski definition) is 4. The number of oxime groups is 1. The number of nitrogens with two attached hydrogens (primary N) is 1. The quantitative estimate of drug-likeness (QED) is 0.363. The van der Waals surface area contributed by atoms with Crippen molar-refractivity contribution in [3.8, 4) is 5.88 Å². The third-order valence-electron chi connectivity index (χ3n) is 2.62. The average Bonchev–Trinajstić information content (AvgIpc) is 2.28. The van der Waals surface area contributed by atoms with Crippen molar-refractivity contribution in [1.29, 1.82) is 0 Å². The molecule has 1 heterocycles. The Morgan fingerprint density at radius 1 is 1.41 bits per heavy atom. The molecule has 0 amide bonds. The van der Waals surface area contributed by atoms with Gasteiger partial charge in [-0.25, -0.2) is 4.98 Å². The summed E-state index contributed by atoms with van der Waals surface area (Å²) in [7, 11) is 0. The fraction of sp³-hybridized carbons (Fsp3) is 0.500. The minimum absolute atomic E-state index is 0.00320. The highest BCUT2D eigenvalue weighted by Crippen LogP contribution is 2.19. The molecule has 1 rings (SSSR count). The van der Waals surface area contributed by atoms with Gasteiger partial charge >= 0.3 is 0 Å². The van der Waals surface area contributed by atoms with E-state index in [0.717, 1.165) is 5.69 Å². The van der Waals surface area contributed by atoms with Crippen molar-refractivity contribution in [2.75, 3.05) is 0 Å². The van der Waals surface area contributed by atoms with Crippen LogP contribution in [0.5, 0.6) is 5.88 Å². The van der Waals surface area contributed by atoms with E-state index in [1.165, 1.54) is 0 Å². The number of amidine groups is 1. The van der Waals surface area contributed by atoms with E-state index in [2.05, 4.69) is 24.0 Å². The molecule has 0 aromatic carbocycles. The molecule has 0 bridgehead atoms. The number of aromatic nitrogens is 1. The highest BCUT2D eigenvalue weighted by Gasteiger charge is 2.15. The summed E-state index contributed by atoms with van der Waals surface area (Å²) in [5.74, 6) is 0.766. The van der Waals surface area contributed by atoms with Gasteiger partial charge in [0, 0.05) is 5.69 Å². The van der Waals surface area contributed by atoms with Crippen molar-refractivity contribution < 1.29 is 9.94 Å². The normalized spacial score (nSPS) is 13.8. The Kier molecular flexibility index (Phi) is 4.31. The van der Waals surface area contributed by atoms with Crippen LogP contribution in [0.2, 0.25) is 0 Å². The van der Waals surface area contributed by atoms with Crippen LogP contribution in [0.15, 0.2) is 17.3 Å². The van der Waals surface area contributed by atoms with Crippen molar-refractivity contribution in [2.24, 2.45) is 16.8 Å². The van der Waals surface area contributed by atoms with Crippen LogP contribution >= 0.6 is 0 Å². The molecule has 0 saturated heterocycles. The second-order valence-electron chi connectivity index (χ2n) is 4.36. The molecule has 0 fully saturated rings. The van der Waals surface area contributed by atoms with Crippen molar-refractivity contribution in [3.05, 3.63) is 23.4 Å². The number of ether oxygens (including phenoxy) is 1. The van der Waals surface area contributed by atoms with Gasteiger partial charge in [-0.3, -0.25) is 0 Å². The molecule has 0 aliphatic heterocycles. The molecular weight excluding hydrogens is 218 g/mol. The number of rotatable bonds is 4. The Morgan fingerprint density at radius 3 is 2.59 bits per heavy atom. The zero-order chi connectivity index (χ0) is 13.0. The van der Waals surface area contributed by atoms with Gasteiger partial charge in [0.2, 0.25) is 5.88 Å². The Bertz CT molecular complexity index is 416. The van der Waals surface area contributed by atoms with Gasteiger partial charge in [0.15, 0.2) is 5.84 Å². The van der Waals surface area contributed by atoms with Crippen LogP contribution in [0.1, 0.15) is 32.0 Å². The van der Waals surface area contributed by atoms with Crippen LogP contribution < -0.4 is 10.5 Å². The van der Waals surface area contributed by atoms with Crippen LogP contribution in [0.4, 0.5) is 0 Å². The lowest BCUT2D eigenvalue weighted by Crippen LogP contribution is -2.23. The predicted octanol–water partition coefficient (Wildman–Crippen LogP) is 1.91. The highest BCUT2D eigenvalue weighted by molar-refractivity contribution is 5.99. The maximum absolute atomic E-state index is 8.70. The maximum Gasteiger partial charge on any atom is 0.225 e. The molecule has 5 nitrogen and oxygen atoms in total. The fourth-order valence-electron chi connectivity index (χ4n) is 1.18. The molecule has 0 radical (unpaired) electrons. The summed E-state index contributed by atoms with van der Waals surface area (Å²) in [5, 5.41) is 11.7. The van der Waals surface area contributed by atoms with E-state index in [4.69, 9.17) is 15.7 Å². The van der Waals surface area contributed by atoms with Crippen molar-refractivity contribution in [1.82, 2.24) is 4.98 Å². The van der Waals surface area contributed by atoms with Crippen LogP contribution in [-0.2, 0) is 0 Å². The molecular formula is C12H19N3O2. The van der Waals surface area contributed by atoms with Crippen molar-refractivity contribution in [2.45, 2.75) is 33.8 Å². The fourth-order valence-corrected chi connectivity index (χ4v) is 1.18. The smallest absolute Gasteiger partial charge is 0.225 e. The van der Waals surface area contributed by atoms with Gasteiger partial charge in [-0.15, -0.1) is 0 Å². The van der Waals surface area contributed by atoms with Gasteiger partial charge < -0.3 is 15.7 Å². The lowest BCUT2D eigenvalue weighted by molar-refractivity contribution is 0.162. The van der Waals surface area contributed by atoms with Gasteiger partial charge in [-0.05, 0) is 31.9 Å². The highest BCUT2D eigenvalue weighted by atomic mass is 16.5. The first-order valence-corrected chi connectivity index (χ1v) is 5.58. The first-order chi connectivity index (χ1) is 7.95. The zero-order valence-corrected chi connectivity index (χ0v) is 10.6. The minimum Gasteiger partial charge on any atom is -0.474 e. The topological polar surface area (TPSA) is 80.7 Å². The lowest BCUT2D eigenvalue weighted by atomic mass is 10.1. The summed E-state index contributed by atoms with van der Waals surface area (Å²) >= 11 is 0. The SMILES string of the molecule is Cc1ccc(C(N)=NO)c(OC(C)C(C)C)n1. The van der Waals surface area contributed by atoms with Gasteiger partial charge in [0.1, 0.15) is 0 Å². The van der Waals surface area contributed by atoms with Crippen LogP contribution in [-0.4, -0.2) is 22.1 Å². The van der Waals surface area contributed by atoms with Gasteiger partial charge in [-0.1, -0.05) is 19.0 Å². The van der Waals surface area contributed by atoms with E-state index in [9.17, 15) is 0 Å². The standard InChI is InChI=1S/C12H19N3O2/c1-7(2)9(4)17-12-10(11(13)15-16)6-5-8(3)14-12/h5-7,9,16H,1-4H3,(H2,13,15). The van der Waals surface area contributed by atoms with E-state index in [-0.39, 0.29) is 11.9 Å². The maximum atomic E-state index is 8.70. The van der Waals surface area contributed by atoms with E-state index in [1.807, 2.05) is 13.8 Å². The van der Waals surface area contributed by atoms with Gasteiger partial charge in [-0.2, -0.15) is 0 Å². The molecule has 1 aromatic rings. The van der Waals surface area contributed by atoms with Crippen LogP contribution in [0.3, 0.4) is 0 Å². The molecule has 1 aromatic heterocycles. The summed E-state index contributed by atoms with van der Waals surface area (Å²) in [6.45, 7) is 7.95. The monoisotopic (exact) mass is 237 g/mol.